The van der Waals surface area contributed by atoms with E-state index in [1.807, 2.05) is 0 Å². The molecule has 0 aliphatic heterocycles. The molecular weight excluding hydrogens is 175 g/mol. The molecule has 6 heteroatoms. The van der Waals surface area contributed by atoms with Crippen LogP contribution < -0.4 is 4.65 Å². The van der Waals surface area contributed by atoms with Crippen LogP contribution in [-0.2, 0) is 0 Å². The number of aromatic hydroxyl groups is 1. The molecule has 0 amide bonds. The lowest BCUT2D eigenvalue weighted by atomic mass is 10.2. The number of carbonyl (C=O) groups is 1. The van der Waals surface area contributed by atoms with Gasteiger partial charge in [0.25, 0.3) is 0 Å². The Kier molecular flexibility index (Phi) is 2.89. The van der Waals surface area contributed by atoms with Gasteiger partial charge in [-0.05, 0) is 18.2 Å². The molecule has 0 radical (unpaired) electrons. The number of benzene rings is 1. The molecule has 1 aromatic rings. The van der Waals surface area contributed by atoms with Gasteiger partial charge in [-0.3, -0.25) is 4.79 Å². The fourth-order valence-electron chi connectivity index (χ4n) is 0.812. The van der Waals surface area contributed by atoms with E-state index in [-0.39, 0.29) is 17.1 Å². The first-order valence-electron chi connectivity index (χ1n) is 3.44. The van der Waals surface area contributed by atoms with Crippen molar-refractivity contribution in [3.8, 4) is 11.5 Å². The predicted octanol–water partition coefficient (Wildman–Crippen LogP) is -0.447. The van der Waals surface area contributed by atoms with E-state index in [0.717, 1.165) is 0 Å². The molecule has 0 unspecified atom stereocenters. The van der Waals surface area contributed by atoms with Crippen LogP contribution in [0.25, 0.3) is 0 Å². The molecule has 0 atom stereocenters. The van der Waals surface area contributed by atoms with Gasteiger partial charge >= 0.3 is 7.32 Å². The lowest BCUT2D eigenvalue weighted by molar-refractivity contribution is 0.112. The highest BCUT2D eigenvalue weighted by Gasteiger charge is 2.14. The van der Waals surface area contributed by atoms with E-state index in [4.69, 9.17) is 15.2 Å². The van der Waals surface area contributed by atoms with Crippen LogP contribution in [0.3, 0.4) is 0 Å². The predicted molar refractivity (Wildman–Crippen MR) is 44.3 cm³/mol. The summed E-state index contributed by atoms with van der Waals surface area (Å²) in [6.45, 7) is 0. The van der Waals surface area contributed by atoms with Crippen molar-refractivity contribution in [1.29, 1.82) is 0 Å². The van der Waals surface area contributed by atoms with E-state index in [0.29, 0.717) is 6.29 Å². The van der Waals surface area contributed by atoms with E-state index in [2.05, 4.69) is 4.65 Å². The summed E-state index contributed by atoms with van der Waals surface area (Å²) in [6.07, 6.45) is 0.552. The van der Waals surface area contributed by atoms with Crippen LogP contribution in [0.15, 0.2) is 18.2 Å². The zero-order valence-corrected chi connectivity index (χ0v) is 6.54. The van der Waals surface area contributed by atoms with Crippen molar-refractivity contribution in [2.24, 2.45) is 0 Å². The van der Waals surface area contributed by atoms with Crippen LogP contribution in [0.1, 0.15) is 10.4 Å². The first-order chi connectivity index (χ1) is 6.13. The zero-order chi connectivity index (χ0) is 9.84. The van der Waals surface area contributed by atoms with Crippen molar-refractivity contribution in [1.82, 2.24) is 0 Å². The Morgan fingerprint density at radius 2 is 2.08 bits per heavy atom. The fourth-order valence-corrected chi connectivity index (χ4v) is 0.812. The van der Waals surface area contributed by atoms with Crippen molar-refractivity contribution in [2.45, 2.75) is 0 Å². The third kappa shape index (κ3) is 2.46. The number of hydrogen-bond donors (Lipinski definition) is 3. The number of phenolic OH excluding ortho intramolecular Hbond substituents is 1. The lowest BCUT2D eigenvalue weighted by Gasteiger charge is -2.06. The Labute approximate surface area is 74.4 Å². The van der Waals surface area contributed by atoms with Crippen molar-refractivity contribution in [3.63, 3.8) is 0 Å². The second-order valence-electron chi connectivity index (χ2n) is 2.29. The smallest absolute Gasteiger partial charge is 0.509 e. The summed E-state index contributed by atoms with van der Waals surface area (Å²) >= 11 is 0. The minimum atomic E-state index is -2.02. The molecule has 0 aliphatic rings. The number of hydrogen-bond acceptors (Lipinski definition) is 5. The van der Waals surface area contributed by atoms with Crippen molar-refractivity contribution >= 4 is 13.6 Å². The van der Waals surface area contributed by atoms with E-state index < -0.39 is 7.32 Å². The van der Waals surface area contributed by atoms with Crippen LogP contribution >= 0.6 is 0 Å². The highest BCUT2D eigenvalue weighted by molar-refractivity contribution is 6.33. The molecule has 0 aliphatic carbocycles. The van der Waals surface area contributed by atoms with E-state index in [1.165, 1.54) is 18.2 Å². The molecule has 3 N–H and O–H groups in total. The monoisotopic (exact) mass is 182 g/mol. The first kappa shape index (κ1) is 9.56. The maximum absolute atomic E-state index is 10.3. The van der Waals surface area contributed by atoms with Crippen molar-refractivity contribution < 1.29 is 24.6 Å². The summed E-state index contributed by atoms with van der Waals surface area (Å²) in [7, 11) is -2.02. The van der Waals surface area contributed by atoms with Gasteiger partial charge in [0.2, 0.25) is 0 Å². The molecule has 0 bridgehead atoms. The number of rotatable bonds is 3. The third-order valence-electron chi connectivity index (χ3n) is 1.35. The molecule has 1 aromatic carbocycles. The molecule has 5 nitrogen and oxygen atoms in total. The van der Waals surface area contributed by atoms with Gasteiger partial charge in [-0.2, -0.15) is 0 Å². The van der Waals surface area contributed by atoms with E-state index in [9.17, 15) is 4.79 Å². The maximum Gasteiger partial charge on any atom is 0.707 e. The summed E-state index contributed by atoms with van der Waals surface area (Å²) in [5.74, 6) is -0.418. The first-order valence-corrected chi connectivity index (χ1v) is 3.44. The highest BCUT2D eigenvalue weighted by atomic mass is 16.6. The molecule has 0 spiro atoms. The van der Waals surface area contributed by atoms with Crippen molar-refractivity contribution in [2.75, 3.05) is 0 Å². The lowest BCUT2D eigenvalue weighted by Crippen LogP contribution is -2.20. The summed E-state index contributed by atoms with van der Waals surface area (Å²) in [5, 5.41) is 26.0. The molecule has 0 saturated carbocycles. The Balaban J connectivity index is 2.96. The van der Waals surface area contributed by atoms with Gasteiger partial charge in [-0.25, -0.2) is 0 Å². The topological polar surface area (TPSA) is 87.0 Å². The quantitative estimate of drug-likeness (QED) is 0.435. The van der Waals surface area contributed by atoms with Crippen LogP contribution in [0, 0.1) is 0 Å². The number of phenols is 1. The van der Waals surface area contributed by atoms with Crippen LogP contribution in [-0.4, -0.2) is 28.8 Å². The van der Waals surface area contributed by atoms with Gasteiger partial charge in [0, 0.05) is 5.56 Å². The average Bonchev–Trinajstić information content (AvgIpc) is 2.08. The zero-order valence-electron chi connectivity index (χ0n) is 6.54. The molecule has 0 aromatic heterocycles. The van der Waals surface area contributed by atoms with Crippen LogP contribution in [0.2, 0.25) is 0 Å². The maximum atomic E-state index is 10.3. The highest BCUT2D eigenvalue weighted by Crippen LogP contribution is 2.26. The number of aldehydes is 1. The largest absolute Gasteiger partial charge is 0.707 e. The summed E-state index contributed by atoms with van der Waals surface area (Å²) in [6, 6.07) is 3.79. The standard InChI is InChI=1S/C7H7BO5/c9-4-5-1-2-6(10)7(3-5)13-8(11)12/h1-4,10-12H. The Morgan fingerprint density at radius 3 is 2.62 bits per heavy atom. The third-order valence-corrected chi connectivity index (χ3v) is 1.35. The summed E-state index contributed by atoms with van der Waals surface area (Å²) in [4.78, 5) is 10.3. The average molecular weight is 182 g/mol. The van der Waals surface area contributed by atoms with Crippen molar-refractivity contribution in [3.05, 3.63) is 23.8 Å². The molecule has 0 saturated heterocycles. The minimum Gasteiger partial charge on any atom is -0.509 e. The molecule has 13 heavy (non-hydrogen) atoms. The van der Waals surface area contributed by atoms with Gasteiger partial charge < -0.3 is 19.8 Å². The fraction of sp³-hybridized carbons (Fsp3) is 0. The van der Waals surface area contributed by atoms with E-state index >= 15 is 0 Å². The van der Waals surface area contributed by atoms with Gasteiger partial charge in [0.05, 0.1) is 0 Å². The Hall–Kier alpha value is -1.53. The van der Waals surface area contributed by atoms with Crippen LogP contribution in [0.5, 0.6) is 11.5 Å². The second kappa shape index (κ2) is 3.93. The molecular formula is C7H7BO5. The van der Waals surface area contributed by atoms with Crippen LogP contribution in [0.4, 0.5) is 0 Å². The summed E-state index contributed by atoms with van der Waals surface area (Å²) < 4.78 is 4.39. The number of carbonyl (C=O) groups excluding carboxylic acids is 1. The SMILES string of the molecule is O=Cc1ccc(O)c(OB(O)O)c1. The normalized spacial score (nSPS) is 9.38. The Morgan fingerprint density at radius 1 is 1.38 bits per heavy atom. The van der Waals surface area contributed by atoms with Gasteiger partial charge in [-0.15, -0.1) is 0 Å². The molecule has 68 valence electrons. The van der Waals surface area contributed by atoms with Gasteiger partial charge in [0.15, 0.2) is 5.75 Å². The molecule has 0 fully saturated rings. The molecule has 0 heterocycles. The Bertz CT molecular complexity index is 312. The van der Waals surface area contributed by atoms with E-state index in [1.54, 1.807) is 0 Å². The summed E-state index contributed by atoms with van der Waals surface area (Å²) in [5.41, 5.74) is 0.272. The molecule has 1 rings (SSSR count). The van der Waals surface area contributed by atoms with Gasteiger partial charge in [-0.1, -0.05) is 0 Å². The minimum absolute atomic E-state index is 0.153. The second-order valence-corrected chi connectivity index (χ2v) is 2.29. The van der Waals surface area contributed by atoms with Gasteiger partial charge in [0.1, 0.15) is 12.0 Å².